The maximum absolute atomic E-state index is 6.02. The van der Waals surface area contributed by atoms with E-state index in [0.29, 0.717) is 12.6 Å². The molecule has 1 saturated carbocycles. The van der Waals surface area contributed by atoms with Crippen LogP contribution in [0.3, 0.4) is 0 Å². The monoisotopic (exact) mass is 224 g/mol. The second-order valence-electron chi connectivity index (χ2n) is 5.11. The molecule has 2 unspecified atom stereocenters. The van der Waals surface area contributed by atoms with E-state index >= 15 is 0 Å². The van der Waals surface area contributed by atoms with Crippen molar-refractivity contribution in [3.63, 3.8) is 0 Å². The second kappa shape index (κ2) is 5.30. The van der Waals surface area contributed by atoms with Gasteiger partial charge in [-0.25, -0.2) is 0 Å². The molecule has 3 nitrogen and oxygen atoms in total. The fraction of sp³-hybridized carbons (Fsp3) is 0.846. The highest BCUT2D eigenvalue weighted by molar-refractivity contribution is 5.06. The van der Waals surface area contributed by atoms with E-state index in [1.807, 2.05) is 7.11 Å². The maximum atomic E-state index is 6.02. The molecule has 2 aliphatic rings. The molecule has 2 aliphatic carbocycles. The second-order valence-corrected chi connectivity index (χ2v) is 5.11. The van der Waals surface area contributed by atoms with Crippen LogP contribution < -0.4 is 11.1 Å². The van der Waals surface area contributed by atoms with Crippen LogP contribution >= 0.6 is 0 Å². The minimum atomic E-state index is 0.0175. The van der Waals surface area contributed by atoms with Crippen molar-refractivity contribution >= 4 is 0 Å². The third kappa shape index (κ3) is 2.31. The van der Waals surface area contributed by atoms with Gasteiger partial charge in [0.2, 0.25) is 0 Å². The molecule has 0 heterocycles. The number of hydrogen-bond donors (Lipinski definition) is 2. The van der Waals surface area contributed by atoms with Crippen LogP contribution in [0.5, 0.6) is 0 Å². The highest BCUT2D eigenvalue weighted by atomic mass is 16.5. The molecular formula is C13H24N2O. The minimum absolute atomic E-state index is 0.0175. The molecule has 1 fully saturated rings. The van der Waals surface area contributed by atoms with E-state index < -0.39 is 0 Å². The Bertz CT molecular complexity index is 246. The van der Waals surface area contributed by atoms with Crippen molar-refractivity contribution in [3.8, 4) is 0 Å². The van der Waals surface area contributed by atoms with Gasteiger partial charge in [0.25, 0.3) is 0 Å². The van der Waals surface area contributed by atoms with Crippen LogP contribution in [-0.4, -0.2) is 31.3 Å². The zero-order valence-corrected chi connectivity index (χ0v) is 10.2. The molecule has 0 aromatic rings. The fourth-order valence-electron chi connectivity index (χ4n) is 3.15. The number of nitrogens with one attached hydrogen (secondary N) is 1. The molecule has 0 aromatic heterocycles. The normalized spacial score (nSPS) is 35.8. The summed E-state index contributed by atoms with van der Waals surface area (Å²) in [4.78, 5) is 0. The summed E-state index contributed by atoms with van der Waals surface area (Å²) >= 11 is 0. The van der Waals surface area contributed by atoms with Crippen LogP contribution in [0.25, 0.3) is 0 Å². The van der Waals surface area contributed by atoms with Gasteiger partial charge in [-0.3, -0.25) is 0 Å². The van der Waals surface area contributed by atoms with Crippen LogP contribution in [0.2, 0.25) is 0 Å². The predicted molar refractivity (Wildman–Crippen MR) is 66.3 cm³/mol. The fourth-order valence-corrected chi connectivity index (χ4v) is 3.15. The van der Waals surface area contributed by atoms with E-state index in [4.69, 9.17) is 10.5 Å². The Morgan fingerprint density at radius 3 is 2.75 bits per heavy atom. The van der Waals surface area contributed by atoms with E-state index in [1.54, 1.807) is 0 Å². The van der Waals surface area contributed by atoms with Crippen molar-refractivity contribution in [1.29, 1.82) is 0 Å². The van der Waals surface area contributed by atoms with Crippen LogP contribution in [0.1, 0.15) is 38.5 Å². The van der Waals surface area contributed by atoms with E-state index in [9.17, 15) is 0 Å². The summed E-state index contributed by atoms with van der Waals surface area (Å²) in [6, 6.07) is 0.569. The van der Waals surface area contributed by atoms with E-state index in [2.05, 4.69) is 17.5 Å². The van der Waals surface area contributed by atoms with E-state index in [1.165, 1.54) is 12.8 Å². The largest absolute Gasteiger partial charge is 0.379 e. The molecule has 0 bridgehead atoms. The summed E-state index contributed by atoms with van der Waals surface area (Å²) in [7, 11) is 1.81. The van der Waals surface area contributed by atoms with Gasteiger partial charge in [0.05, 0.1) is 11.6 Å². The Morgan fingerprint density at radius 1 is 1.38 bits per heavy atom. The average molecular weight is 224 g/mol. The first-order valence-corrected chi connectivity index (χ1v) is 6.46. The Morgan fingerprint density at radius 2 is 2.12 bits per heavy atom. The molecule has 16 heavy (non-hydrogen) atoms. The van der Waals surface area contributed by atoms with Crippen LogP contribution in [0.4, 0.5) is 0 Å². The van der Waals surface area contributed by atoms with Gasteiger partial charge >= 0.3 is 0 Å². The lowest BCUT2D eigenvalue weighted by Crippen LogP contribution is -2.63. The first kappa shape index (κ1) is 12.1. The lowest BCUT2D eigenvalue weighted by Gasteiger charge is -2.45. The number of nitrogens with two attached hydrogens (primary N) is 1. The number of hydrogen-bond acceptors (Lipinski definition) is 3. The molecule has 0 aliphatic heterocycles. The summed E-state index contributed by atoms with van der Waals surface area (Å²) in [6.45, 7) is 0.683. The van der Waals surface area contributed by atoms with Crippen LogP contribution in [0, 0.1) is 0 Å². The SMILES string of the molecule is COC1CCCCC1(CN)NC1CC=CC1. The maximum Gasteiger partial charge on any atom is 0.0765 e. The molecule has 92 valence electrons. The van der Waals surface area contributed by atoms with Crippen LogP contribution in [0.15, 0.2) is 12.2 Å². The third-order valence-electron chi connectivity index (χ3n) is 4.10. The van der Waals surface area contributed by atoms with Crippen molar-refractivity contribution in [2.75, 3.05) is 13.7 Å². The van der Waals surface area contributed by atoms with Gasteiger partial charge in [0.1, 0.15) is 0 Å². The van der Waals surface area contributed by atoms with Crippen molar-refractivity contribution in [2.24, 2.45) is 5.73 Å². The zero-order chi connectivity index (χ0) is 11.4. The number of rotatable bonds is 4. The first-order valence-electron chi connectivity index (χ1n) is 6.46. The summed E-state index contributed by atoms with van der Waals surface area (Å²) in [5.41, 5.74) is 6.04. The third-order valence-corrected chi connectivity index (χ3v) is 4.10. The van der Waals surface area contributed by atoms with Crippen molar-refractivity contribution in [1.82, 2.24) is 5.32 Å². The molecule has 0 spiro atoms. The van der Waals surface area contributed by atoms with Crippen LogP contribution in [-0.2, 0) is 4.74 Å². The first-order chi connectivity index (χ1) is 7.80. The van der Waals surface area contributed by atoms with Gasteiger partial charge < -0.3 is 15.8 Å². The molecule has 3 heteroatoms. The smallest absolute Gasteiger partial charge is 0.0765 e. The number of ether oxygens (including phenoxy) is 1. The summed E-state index contributed by atoms with van der Waals surface area (Å²) in [5, 5.41) is 3.77. The van der Waals surface area contributed by atoms with Gasteiger partial charge in [-0.05, 0) is 25.7 Å². The van der Waals surface area contributed by atoms with E-state index in [0.717, 1.165) is 25.7 Å². The summed E-state index contributed by atoms with van der Waals surface area (Å²) < 4.78 is 5.65. The van der Waals surface area contributed by atoms with Gasteiger partial charge in [0.15, 0.2) is 0 Å². The topological polar surface area (TPSA) is 47.3 Å². The lowest BCUT2D eigenvalue weighted by molar-refractivity contribution is -0.0132. The van der Waals surface area contributed by atoms with E-state index in [-0.39, 0.29) is 11.6 Å². The van der Waals surface area contributed by atoms with Crippen molar-refractivity contribution in [2.45, 2.75) is 56.2 Å². The Kier molecular flexibility index (Phi) is 4.00. The average Bonchev–Trinajstić information content (AvgIpc) is 2.82. The minimum Gasteiger partial charge on any atom is -0.379 e. The molecule has 0 saturated heterocycles. The lowest BCUT2D eigenvalue weighted by atomic mass is 9.78. The summed E-state index contributed by atoms with van der Waals surface area (Å²) in [5.74, 6) is 0. The Labute approximate surface area is 98.4 Å². The predicted octanol–water partition coefficient (Wildman–Crippen LogP) is 1.58. The standard InChI is InChI=1S/C13H24N2O/c1-16-12-8-4-5-9-13(12,10-14)15-11-6-2-3-7-11/h2-3,11-12,15H,4-10,14H2,1H3. The molecule has 0 amide bonds. The molecule has 3 N–H and O–H groups in total. The quantitative estimate of drug-likeness (QED) is 0.713. The van der Waals surface area contributed by atoms with Gasteiger partial charge in [-0.2, -0.15) is 0 Å². The Hall–Kier alpha value is -0.380. The van der Waals surface area contributed by atoms with Gasteiger partial charge in [-0.15, -0.1) is 0 Å². The van der Waals surface area contributed by atoms with Gasteiger partial charge in [-0.1, -0.05) is 25.0 Å². The molecule has 0 radical (unpaired) electrons. The number of methoxy groups -OCH3 is 1. The zero-order valence-electron chi connectivity index (χ0n) is 10.2. The molecule has 0 aromatic carbocycles. The van der Waals surface area contributed by atoms with Crippen molar-refractivity contribution in [3.05, 3.63) is 12.2 Å². The molecular weight excluding hydrogens is 200 g/mol. The molecule has 2 atom stereocenters. The highest BCUT2D eigenvalue weighted by Gasteiger charge is 2.41. The van der Waals surface area contributed by atoms with Crippen molar-refractivity contribution < 1.29 is 4.74 Å². The van der Waals surface area contributed by atoms with Gasteiger partial charge in [0, 0.05) is 19.7 Å². The highest BCUT2D eigenvalue weighted by Crippen LogP contribution is 2.31. The Balaban J connectivity index is 2.02. The summed E-state index contributed by atoms with van der Waals surface area (Å²) in [6.07, 6.45) is 11.9. The molecule has 2 rings (SSSR count).